The second-order valence-electron chi connectivity index (χ2n) is 7.61. The molecule has 4 amide bonds. The predicted molar refractivity (Wildman–Crippen MR) is 112 cm³/mol. The van der Waals surface area contributed by atoms with Gasteiger partial charge in [0.25, 0.3) is 5.91 Å². The third-order valence-corrected chi connectivity index (χ3v) is 5.78. The van der Waals surface area contributed by atoms with E-state index in [-0.39, 0.29) is 30.4 Å². The van der Waals surface area contributed by atoms with Crippen molar-refractivity contribution < 1.29 is 19.1 Å². The molecule has 0 N–H and O–H groups in total. The number of imide groups is 1. The van der Waals surface area contributed by atoms with Gasteiger partial charge in [-0.1, -0.05) is 30.3 Å². The Bertz CT molecular complexity index is 921. The summed E-state index contributed by atoms with van der Waals surface area (Å²) in [5.41, 5.74) is 1.55. The van der Waals surface area contributed by atoms with Crippen molar-refractivity contribution in [3.63, 3.8) is 0 Å². The van der Waals surface area contributed by atoms with E-state index in [0.717, 1.165) is 11.3 Å². The maximum Gasteiger partial charge on any atom is 0.332 e. The molecule has 2 fully saturated rings. The third-order valence-electron chi connectivity index (χ3n) is 5.78. The molecule has 0 radical (unpaired) electrons. The normalized spacial score (nSPS) is 17.6. The zero-order valence-electron chi connectivity index (χ0n) is 17.0. The molecule has 0 spiro atoms. The largest absolute Gasteiger partial charge is 0.497 e. The molecule has 7 heteroatoms. The van der Waals surface area contributed by atoms with Gasteiger partial charge in [-0.15, -0.1) is 0 Å². The molecule has 156 valence electrons. The summed E-state index contributed by atoms with van der Waals surface area (Å²) in [4.78, 5) is 42.7. The van der Waals surface area contributed by atoms with E-state index in [1.807, 2.05) is 47.4 Å². The molecule has 2 heterocycles. The van der Waals surface area contributed by atoms with Crippen molar-refractivity contribution in [2.75, 3.05) is 31.6 Å². The lowest BCUT2D eigenvalue weighted by atomic mass is 10.0. The minimum atomic E-state index is -0.269. The molecule has 0 unspecified atom stereocenters. The van der Waals surface area contributed by atoms with Gasteiger partial charge in [-0.3, -0.25) is 9.59 Å². The van der Waals surface area contributed by atoms with Gasteiger partial charge in [-0.05, 0) is 42.7 Å². The van der Waals surface area contributed by atoms with E-state index in [4.69, 9.17) is 4.74 Å². The number of urea groups is 1. The predicted octanol–water partition coefficient (Wildman–Crippen LogP) is 2.70. The second kappa shape index (κ2) is 8.57. The van der Waals surface area contributed by atoms with Gasteiger partial charge in [0.1, 0.15) is 12.3 Å². The molecular weight excluding hydrogens is 382 g/mol. The molecule has 0 atom stereocenters. The topological polar surface area (TPSA) is 70.2 Å². The SMILES string of the molecule is COc1ccc(CC(=O)N2CCC(N3CC(=O)N(c4ccccc4)C3=O)CC2)cc1. The Balaban J connectivity index is 1.33. The number of hydrogen-bond donors (Lipinski definition) is 0. The molecule has 2 aromatic carbocycles. The molecule has 2 aromatic rings. The third kappa shape index (κ3) is 4.01. The van der Waals surface area contributed by atoms with Crippen LogP contribution in [0.5, 0.6) is 5.75 Å². The molecule has 0 saturated carbocycles. The fourth-order valence-electron chi connectivity index (χ4n) is 4.09. The fourth-order valence-corrected chi connectivity index (χ4v) is 4.09. The van der Waals surface area contributed by atoms with E-state index in [1.165, 1.54) is 4.90 Å². The molecule has 4 rings (SSSR count). The smallest absolute Gasteiger partial charge is 0.332 e. The van der Waals surface area contributed by atoms with Crippen molar-refractivity contribution in [3.05, 3.63) is 60.2 Å². The highest BCUT2D eigenvalue weighted by atomic mass is 16.5. The first kappa shape index (κ1) is 19.9. The van der Waals surface area contributed by atoms with Crippen LogP contribution in [-0.4, -0.2) is 60.4 Å². The Morgan fingerprint density at radius 3 is 2.30 bits per heavy atom. The van der Waals surface area contributed by atoms with Gasteiger partial charge in [-0.25, -0.2) is 9.69 Å². The molecule has 0 bridgehead atoms. The summed E-state index contributed by atoms with van der Waals surface area (Å²) in [5.74, 6) is 0.638. The zero-order chi connectivity index (χ0) is 21.1. The highest BCUT2D eigenvalue weighted by molar-refractivity contribution is 6.19. The second-order valence-corrected chi connectivity index (χ2v) is 7.61. The lowest BCUT2D eigenvalue weighted by Gasteiger charge is -2.36. The van der Waals surface area contributed by atoms with Crippen molar-refractivity contribution in [2.45, 2.75) is 25.3 Å². The van der Waals surface area contributed by atoms with Gasteiger partial charge in [0, 0.05) is 19.1 Å². The lowest BCUT2D eigenvalue weighted by molar-refractivity contribution is -0.132. The zero-order valence-corrected chi connectivity index (χ0v) is 17.0. The molecular formula is C23H25N3O4. The first-order valence-electron chi connectivity index (χ1n) is 10.2. The molecule has 30 heavy (non-hydrogen) atoms. The first-order valence-corrected chi connectivity index (χ1v) is 10.2. The van der Waals surface area contributed by atoms with E-state index in [9.17, 15) is 14.4 Å². The molecule has 2 aliphatic heterocycles. The molecule has 2 saturated heterocycles. The van der Waals surface area contributed by atoms with Crippen LogP contribution in [0.15, 0.2) is 54.6 Å². The Morgan fingerprint density at radius 2 is 1.67 bits per heavy atom. The minimum absolute atomic E-state index is 0.0276. The average molecular weight is 407 g/mol. The summed E-state index contributed by atoms with van der Waals surface area (Å²) in [6, 6.07) is 16.2. The van der Waals surface area contributed by atoms with Crippen LogP contribution in [-0.2, 0) is 16.0 Å². The van der Waals surface area contributed by atoms with Gasteiger partial charge in [-0.2, -0.15) is 0 Å². The van der Waals surface area contributed by atoms with Crippen LogP contribution < -0.4 is 9.64 Å². The van der Waals surface area contributed by atoms with Crippen molar-refractivity contribution >= 4 is 23.5 Å². The molecule has 0 aromatic heterocycles. The number of carbonyl (C=O) groups excluding carboxylic acids is 3. The number of rotatable bonds is 5. The highest BCUT2D eigenvalue weighted by Crippen LogP contribution is 2.26. The van der Waals surface area contributed by atoms with Crippen LogP contribution >= 0.6 is 0 Å². The highest BCUT2D eigenvalue weighted by Gasteiger charge is 2.41. The number of likely N-dealkylation sites (tertiary alicyclic amines) is 1. The lowest BCUT2D eigenvalue weighted by Crippen LogP contribution is -2.48. The molecule has 7 nitrogen and oxygen atoms in total. The average Bonchev–Trinajstić information content (AvgIpc) is 3.08. The van der Waals surface area contributed by atoms with Gasteiger partial charge in [0.15, 0.2) is 0 Å². The quantitative estimate of drug-likeness (QED) is 0.715. The maximum atomic E-state index is 12.9. The van der Waals surface area contributed by atoms with Crippen molar-refractivity contribution in [3.8, 4) is 5.75 Å². The molecule has 0 aliphatic carbocycles. The summed E-state index contributed by atoms with van der Waals surface area (Å²) >= 11 is 0. The standard InChI is InChI=1S/C23H25N3O4/c1-30-20-9-7-17(8-10-20)15-21(27)24-13-11-18(12-14-24)25-16-22(28)26(23(25)29)19-5-3-2-4-6-19/h2-10,18H,11-16H2,1H3. The van der Waals surface area contributed by atoms with Crippen LogP contribution in [0.4, 0.5) is 10.5 Å². The van der Waals surface area contributed by atoms with Crippen LogP contribution in [0.3, 0.4) is 0 Å². The number of benzene rings is 2. The van der Waals surface area contributed by atoms with Gasteiger partial charge >= 0.3 is 6.03 Å². The summed E-state index contributed by atoms with van der Waals surface area (Å²) in [5, 5.41) is 0. The van der Waals surface area contributed by atoms with Crippen LogP contribution in [0.2, 0.25) is 0 Å². The van der Waals surface area contributed by atoms with Crippen molar-refractivity contribution in [1.29, 1.82) is 0 Å². The Hall–Kier alpha value is -3.35. The summed E-state index contributed by atoms with van der Waals surface area (Å²) in [6.45, 7) is 1.27. The first-order chi connectivity index (χ1) is 14.6. The summed E-state index contributed by atoms with van der Waals surface area (Å²) in [6.07, 6.45) is 1.70. The number of ether oxygens (including phenoxy) is 1. The molecule has 2 aliphatic rings. The van der Waals surface area contributed by atoms with E-state index in [1.54, 1.807) is 24.1 Å². The van der Waals surface area contributed by atoms with E-state index in [0.29, 0.717) is 38.0 Å². The van der Waals surface area contributed by atoms with Gasteiger partial charge in [0.05, 0.1) is 19.2 Å². The number of hydrogen-bond acceptors (Lipinski definition) is 4. The van der Waals surface area contributed by atoms with Gasteiger partial charge in [0.2, 0.25) is 5.91 Å². The number of nitrogens with zero attached hydrogens (tertiary/aromatic N) is 3. The number of anilines is 1. The van der Waals surface area contributed by atoms with Crippen LogP contribution in [0.25, 0.3) is 0 Å². The van der Waals surface area contributed by atoms with Crippen molar-refractivity contribution in [1.82, 2.24) is 9.80 Å². The van der Waals surface area contributed by atoms with E-state index in [2.05, 4.69) is 0 Å². The van der Waals surface area contributed by atoms with E-state index < -0.39 is 0 Å². The Morgan fingerprint density at radius 1 is 1.00 bits per heavy atom. The summed E-state index contributed by atoms with van der Waals surface area (Å²) in [7, 11) is 1.61. The number of amides is 4. The van der Waals surface area contributed by atoms with E-state index >= 15 is 0 Å². The monoisotopic (exact) mass is 407 g/mol. The van der Waals surface area contributed by atoms with Crippen molar-refractivity contribution in [2.24, 2.45) is 0 Å². The number of carbonyl (C=O) groups is 3. The maximum absolute atomic E-state index is 12.9. The number of piperidine rings is 1. The van der Waals surface area contributed by atoms with Crippen LogP contribution in [0, 0.1) is 0 Å². The van der Waals surface area contributed by atoms with Crippen LogP contribution in [0.1, 0.15) is 18.4 Å². The Labute approximate surface area is 175 Å². The fraction of sp³-hybridized carbons (Fsp3) is 0.348. The number of para-hydroxylation sites is 1. The summed E-state index contributed by atoms with van der Waals surface area (Å²) < 4.78 is 5.15. The minimum Gasteiger partial charge on any atom is -0.497 e. The van der Waals surface area contributed by atoms with Gasteiger partial charge < -0.3 is 14.5 Å². The number of methoxy groups -OCH3 is 1. The Kier molecular flexibility index (Phi) is 5.70.